The molecule has 37 heavy (non-hydrogen) atoms. The van der Waals surface area contributed by atoms with Crippen LogP contribution in [0.1, 0.15) is 71.6 Å². The third kappa shape index (κ3) is 4.55. The van der Waals surface area contributed by atoms with Gasteiger partial charge in [-0.1, -0.05) is 6.92 Å². The molecule has 0 bridgehead atoms. The van der Waals surface area contributed by atoms with Crippen LogP contribution in [-0.2, 0) is 11.3 Å². The van der Waals surface area contributed by atoms with Gasteiger partial charge < -0.3 is 9.84 Å². The molecule has 4 fully saturated rings. The molecule has 1 N–H and O–H groups in total. The largest absolute Gasteiger partial charge is 0.573 e. The van der Waals surface area contributed by atoms with Crippen LogP contribution in [-0.4, -0.2) is 37.8 Å². The number of nitrogens with zero attached hydrogens (tertiary/aromatic N) is 3. The molecule has 0 saturated heterocycles. The normalized spacial score (nSPS) is 39.6. The predicted octanol–water partition coefficient (Wildman–Crippen LogP) is 5.92. The van der Waals surface area contributed by atoms with Crippen molar-refractivity contribution in [1.82, 2.24) is 15.0 Å². The summed E-state index contributed by atoms with van der Waals surface area (Å²) < 4.78 is 41.7. The highest BCUT2D eigenvalue weighted by molar-refractivity contribution is 5.82. The van der Waals surface area contributed by atoms with Gasteiger partial charge in [0.2, 0.25) is 0 Å². The third-order valence-electron chi connectivity index (χ3n) is 10.5. The number of halogens is 3. The molecule has 0 spiro atoms. The van der Waals surface area contributed by atoms with Gasteiger partial charge in [-0.2, -0.15) is 15.0 Å². The lowest BCUT2D eigenvalue weighted by molar-refractivity contribution is -0.274. The zero-order valence-electron chi connectivity index (χ0n) is 21.5. The summed E-state index contributed by atoms with van der Waals surface area (Å²) in [4.78, 5) is 14.9. The molecule has 1 aromatic heterocycles. The Bertz CT molecular complexity index is 1190. The Kier molecular flexibility index (Phi) is 5.90. The van der Waals surface area contributed by atoms with Gasteiger partial charge in [0.05, 0.1) is 5.60 Å². The Labute approximate surface area is 214 Å². The Morgan fingerprint density at radius 3 is 2.57 bits per heavy atom. The van der Waals surface area contributed by atoms with Crippen LogP contribution in [0, 0.1) is 40.9 Å². The molecule has 4 saturated carbocycles. The molecule has 1 aromatic carbocycles. The van der Waals surface area contributed by atoms with Crippen LogP contribution in [0.25, 0.3) is 11.0 Å². The van der Waals surface area contributed by atoms with Crippen LogP contribution in [0.15, 0.2) is 18.2 Å². The number of alkyl halides is 3. The lowest BCUT2D eigenvalue weighted by Gasteiger charge is -2.56. The zero-order chi connectivity index (χ0) is 26.2. The number of fused-ring (bicyclic) bond motifs is 6. The first kappa shape index (κ1) is 25.1. The molecule has 0 radical (unpaired) electrons. The van der Waals surface area contributed by atoms with Gasteiger partial charge in [-0.25, -0.2) is 0 Å². The highest BCUT2D eigenvalue weighted by Crippen LogP contribution is 2.64. The van der Waals surface area contributed by atoms with Crippen LogP contribution < -0.4 is 4.74 Å². The summed E-state index contributed by atoms with van der Waals surface area (Å²) in [6.45, 7) is 4.34. The summed E-state index contributed by atoms with van der Waals surface area (Å²) in [5.41, 5.74) is 0.168. The minimum absolute atomic E-state index is 0.0223. The fraction of sp³-hybridized carbons (Fsp3) is 0.750. The Hall–Kier alpha value is -2.16. The first-order chi connectivity index (χ1) is 17.4. The highest BCUT2D eigenvalue weighted by atomic mass is 19.4. The van der Waals surface area contributed by atoms with E-state index in [0.29, 0.717) is 35.1 Å². The molecule has 202 valence electrons. The van der Waals surface area contributed by atoms with E-state index in [4.69, 9.17) is 0 Å². The second-order valence-corrected chi connectivity index (χ2v) is 12.7. The molecule has 9 heteroatoms. The number of hydrogen-bond donors (Lipinski definition) is 1. The van der Waals surface area contributed by atoms with Crippen LogP contribution in [0.5, 0.6) is 5.75 Å². The van der Waals surface area contributed by atoms with E-state index in [2.05, 4.69) is 21.9 Å². The average Bonchev–Trinajstić information content (AvgIpc) is 3.36. The van der Waals surface area contributed by atoms with E-state index < -0.39 is 12.0 Å². The van der Waals surface area contributed by atoms with Gasteiger partial charge >= 0.3 is 6.36 Å². The molecule has 4 aliphatic rings. The minimum atomic E-state index is -4.78. The molecular weight excluding hydrogens is 483 g/mol. The van der Waals surface area contributed by atoms with Crippen LogP contribution in [0.3, 0.4) is 0 Å². The van der Waals surface area contributed by atoms with Crippen molar-refractivity contribution in [3.05, 3.63) is 18.2 Å². The summed E-state index contributed by atoms with van der Waals surface area (Å²) in [5, 5.41) is 19.2. The van der Waals surface area contributed by atoms with Crippen molar-refractivity contribution in [3.8, 4) is 5.75 Å². The lowest BCUT2D eigenvalue weighted by Crippen LogP contribution is -2.51. The summed E-state index contributed by atoms with van der Waals surface area (Å²) in [6.07, 6.45) is 4.76. The fourth-order valence-corrected chi connectivity index (χ4v) is 9.07. The SMILES string of the molecule is CC1(O)CCC2C(CCC3C2CCC2(C)C(C(=O)Cn4nc5ccc(OC(F)(F)F)cc5n4)CCC32)C1. The summed E-state index contributed by atoms with van der Waals surface area (Å²) in [7, 11) is 0. The van der Waals surface area contributed by atoms with E-state index in [1.54, 1.807) is 0 Å². The van der Waals surface area contributed by atoms with Gasteiger partial charge in [0.1, 0.15) is 23.3 Å². The number of ketones is 1. The molecule has 1 heterocycles. The quantitative estimate of drug-likeness (QED) is 0.543. The Balaban J connectivity index is 1.15. The third-order valence-corrected chi connectivity index (χ3v) is 10.5. The van der Waals surface area contributed by atoms with E-state index in [0.717, 1.165) is 44.9 Å². The number of benzene rings is 1. The van der Waals surface area contributed by atoms with Gasteiger partial charge in [0, 0.05) is 12.0 Å². The number of Topliss-reactive ketones (excluding diaryl/α,β-unsaturated/α-hetero) is 1. The maximum atomic E-state index is 13.6. The molecule has 8 unspecified atom stereocenters. The number of ether oxygens (including phenoxy) is 1. The van der Waals surface area contributed by atoms with E-state index in [-0.39, 0.29) is 34.9 Å². The van der Waals surface area contributed by atoms with Crippen molar-refractivity contribution in [2.24, 2.45) is 40.9 Å². The molecule has 6 nitrogen and oxygen atoms in total. The van der Waals surface area contributed by atoms with Crippen LogP contribution in [0.4, 0.5) is 13.2 Å². The molecule has 8 atom stereocenters. The van der Waals surface area contributed by atoms with Crippen molar-refractivity contribution in [3.63, 3.8) is 0 Å². The second kappa shape index (κ2) is 8.68. The van der Waals surface area contributed by atoms with Gasteiger partial charge in [-0.05, 0) is 112 Å². The Morgan fingerprint density at radius 1 is 1.03 bits per heavy atom. The zero-order valence-corrected chi connectivity index (χ0v) is 21.5. The maximum absolute atomic E-state index is 13.6. The first-order valence-electron chi connectivity index (χ1n) is 13.8. The van der Waals surface area contributed by atoms with Crippen molar-refractivity contribution >= 4 is 16.8 Å². The van der Waals surface area contributed by atoms with Crippen molar-refractivity contribution < 1.29 is 27.8 Å². The number of hydrogen-bond acceptors (Lipinski definition) is 5. The molecule has 2 aromatic rings. The van der Waals surface area contributed by atoms with Gasteiger partial charge in [0.25, 0.3) is 0 Å². The molecule has 0 amide bonds. The number of carbonyl (C=O) groups is 1. The number of aliphatic hydroxyl groups is 1. The van der Waals surface area contributed by atoms with Crippen molar-refractivity contribution in [2.75, 3.05) is 0 Å². The van der Waals surface area contributed by atoms with Gasteiger partial charge in [-0.15, -0.1) is 13.2 Å². The molecule has 0 aliphatic heterocycles. The molecule has 6 rings (SSSR count). The second-order valence-electron chi connectivity index (χ2n) is 12.7. The summed E-state index contributed by atoms with van der Waals surface area (Å²) in [5.74, 6) is 3.01. The standard InChI is InChI=1S/C28H36F3N3O3/c1-26(36)11-9-18-16(14-26)3-5-20-19(18)10-12-27(2)21(20)6-7-22(27)25(35)15-34-32-23-8-4-17(13-24(23)33-34)37-28(29,30)31/h4,8,13,16,18-22,36H,3,5-7,9-12,14-15H2,1-2H3. The monoisotopic (exact) mass is 519 g/mol. The number of aromatic nitrogens is 3. The number of rotatable bonds is 4. The van der Waals surface area contributed by atoms with Gasteiger partial charge in [-0.3, -0.25) is 4.79 Å². The smallest absolute Gasteiger partial charge is 0.406 e. The fourth-order valence-electron chi connectivity index (χ4n) is 9.07. The van der Waals surface area contributed by atoms with E-state index in [1.807, 2.05) is 6.92 Å². The van der Waals surface area contributed by atoms with E-state index in [9.17, 15) is 23.1 Å². The van der Waals surface area contributed by atoms with E-state index in [1.165, 1.54) is 35.8 Å². The average molecular weight is 520 g/mol. The van der Waals surface area contributed by atoms with Crippen molar-refractivity contribution in [2.45, 2.75) is 90.1 Å². The lowest BCUT2D eigenvalue weighted by atomic mass is 9.49. The highest BCUT2D eigenvalue weighted by Gasteiger charge is 2.58. The van der Waals surface area contributed by atoms with Crippen LogP contribution >= 0.6 is 0 Å². The maximum Gasteiger partial charge on any atom is 0.573 e. The molecular formula is C28H36F3N3O3. The Morgan fingerprint density at radius 2 is 1.78 bits per heavy atom. The molecule has 4 aliphatic carbocycles. The topological polar surface area (TPSA) is 77.2 Å². The number of carbonyl (C=O) groups excluding carboxylic acids is 1. The van der Waals surface area contributed by atoms with Crippen LogP contribution in [0.2, 0.25) is 0 Å². The minimum Gasteiger partial charge on any atom is -0.406 e. The van der Waals surface area contributed by atoms with E-state index >= 15 is 0 Å². The van der Waals surface area contributed by atoms with Gasteiger partial charge in [0.15, 0.2) is 5.78 Å². The predicted molar refractivity (Wildman–Crippen MR) is 130 cm³/mol. The summed E-state index contributed by atoms with van der Waals surface area (Å²) in [6, 6.07) is 3.84. The first-order valence-corrected chi connectivity index (χ1v) is 13.8. The summed E-state index contributed by atoms with van der Waals surface area (Å²) >= 11 is 0. The van der Waals surface area contributed by atoms with Crippen molar-refractivity contribution in [1.29, 1.82) is 0 Å².